The summed E-state index contributed by atoms with van der Waals surface area (Å²) in [6, 6.07) is 4.25. The number of anilines is 1. The van der Waals surface area contributed by atoms with Crippen molar-refractivity contribution in [2.24, 2.45) is 0 Å². The van der Waals surface area contributed by atoms with Crippen LogP contribution in [-0.2, 0) is 0 Å². The molecule has 1 saturated heterocycles. The molecule has 1 aromatic rings. The van der Waals surface area contributed by atoms with Crippen molar-refractivity contribution >= 4 is 23.3 Å². The summed E-state index contributed by atoms with van der Waals surface area (Å²) >= 11 is 5.90. The van der Waals surface area contributed by atoms with E-state index in [4.69, 9.17) is 16.3 Å². The zero-order chi connectivity index (χ0) is 14.5. The van der Waals surface area contributed by atoms with Crippen molar-refractivity contribution in [1.29, 1.82) is 0 Å². The van der Waals surface area contributed by atoms with Gasteiger partial charge in [0.1, 0.15) is 5.75 Å². The molecule has 1 aromatic carbocycles. The highest BCUT2D eigenvalue weighted by Crippen LogP contribution is 2.27. The third-order valence-electron chi connectivity index (χ3n) is 3.17. The molecule has 7 heteroatoms. The molecular weight excluding hydrogens is 282 g/mol. The highest BCUT2D eigenvalue weighted by molar-refractivity contribution is 6.31. The SMILES string of the molecule is COc1ccc(Cl)cc1NC(=O)N[C@@H]1CNCC[C@H]1O. The number of hydrogen-bond acceptors (Lipinski definition) is 4. The first-order chi connectivity index (χ1) is 9.60. The molecule has 0 radical (unpaired) electrons. The molecule has 0 bridgehead atoms. The number of carbonyl (C=O) groups is 1. The highest BCUT2D eigenvalue weighted by Gasteiger charge is 2.24. The van der Waals surface area contributed by atoms with Gasteiger partial charge in [0, 0.05) is 11.6 Å². The number of ether oxygens (including phenoxy) is 1. The first-order valence-corrected chi connectivity index (χ1v) is 6.78. The summed E-state index contributed by atoms with van der Waals surface area (Å²) in [6.45, 7) is 1.30. The number of rotatable bonds is 3. The molecule has 0 aliphatic carbocycles. The van der Waals surface area contributed by atoms with E-state index in [-0.39, 0.29) is 6.04 Å². The standard InChI is InChI=1S/C13H18ClN3O3/c1-20-12-3-2-8(14)6-9(12)16-13(19)17-10-7-15-5-4-11(10)18/h2-3,6,10-11,15,18H,4-5,7H2,1H3,(H2,16,17,19)/t10-,11-/m1/s1. The lowest BCUT2D eigenvalue weighted by Crippen LogP contribution is -2.54. The van der Waals surface area contributed by atoms with E-state index in [0.29, 0.717) is 29.4 Å². The maximum atomic E-state index is 11.9. The lowest BCUT2D eigenvalue weighted by molar-refractivity contribution is 0.103. The maximum Gasteiger partial charge on any atom is 0.319 e. The molecule has 110 valence electrons. The predicted octanol–water partition coefficient (Wildman–Crippen LogP) is 1.19. The fourth-order valence-corrected chi connectivity index (χ4v) is 2.27. The van der Waals surface area contributed by atoms with Crippen molar-refractivity contribution in [3.8, 4) is 5.75 Å². The summed E-state index contributed by atoms with van der Waals surface area (Å²) in [7, 11) is 1.52. The fourth-order valence-electron chi connectivity index (χ4n) is 2.10. The lowest BCUT2D eigenvalue weighted by atomic mass is 10.0. The number of benzene rings is 1. The van der Waals surface area contributed by atoms with Gasteiger partial charge < -0.3 is 25.8 Å². The monoisotopic (exact) mass is 299 g/mol. The molecule has 1 aliphatic heterocycles. The quantitative estimate of drug-likeness (QED) is 0.676. The lowest BCUT2D eigenvalue weighted by Gasteiger charge is -2.29. The van der Waals surface area contributed by atoms with E-state index < -0.39 is 12.1 Å². The minimum atomic E-state index is -0.539. The van der Waals surface area contributed by atoms with Crippen LogP contribution in [0.5, 0.6) is 5.75 Å². The normalized spacial score (nSPS) is 22.1. The van der Waals surface area contributed by atoms with Crippen molar-refractivity contribution in [3.63, 3.8) is 0 Å². The smallest absolute Gasteiger partial charge is 0.319 e. The summed E-state index contributed by atoms with van der Waals surface area (Å²) in [5.74, 6) is 0.520. The molecule has 2 rings (SSSR count). The van der Waals surface area contributed by atoms with Crippen molar-refractivity contribution < 1.29 is 14.6 Å². The molecule has 4 N–H and O–H groups in total. The van der Waals surface area contributed by atoms with Gasteiger partial charge in [0.25, 0.3) is 0 Å². The number of aliphatic hydroxyl groups excluding tert-OH is 1. The summed E-state index contributed by atoms with van der Waals surface area (Å²) in [4.78, 5) is 11.9. The largest absolute Gasteiger partial charge is 0.495 e. The van der Waals surface area contributed by atoms with E-state index in [9.17, 15) is 9.90 Å². The van der Waals surface area contributed by atoms with Crippen molar-refractivity contribution in [2.75, 3.05) is 25.5 Å². The van der Waals surface area contributed by atoms with Crippen molar-refractivity contribution in [1.82, 2.24) is 10.6 Å². The zero-order valence-electron chi connectivity index (χ0n) is 11.1. The first kappa shape index (κ1) is 14.9. The van der Waals surface area contributed by atoms with E-state index in [1.54, 1.807) is 18.2 Å². The number of hydrogen-bond donors (Lipinski definition) is 4. The number of amides is 2. The number of aliphatic hydroxyl groups is 1. The molecular formula is C13H18ClN3O3. The third-order valence-corrected chi connectivity index (χ3v) is 3.41. The zero-order valence-corrected chi connectivity index (χ0v) is 11.9. The molecule has 0 unspecified atom stereocenters. The van der Waals surface area contributed by atoms with Gasteiger partial charge in [0.15, 0.2) is 0 Å². The number of nitrogens with one attached hydrogen (secondary N) is 3. The number of methoxy groups -OCH3 is 1. The number of piperidine rings is 1. The maximum absolute atomic E-state index is 11.9. The second kappa shape index (κ2) is 6.78. The van der Waals surface area contributed by atoms with Gasteiger partial charge in [0.2, 0.25) is 0 Å². The molecule has 2 atom stereocenters. The van der Waals surface area contributed by atoms with Gasteiger partial charge in [-0.15, -0.1) is 0 Å². The van der Waals surface area contributed by atoms with E-state index in [2.05, 4.69) is 16.0 Å². The van der Waals surface area contributed by atoms with Crippen molar-refractivity contribution in [3.05, 3.63) is 23.2 Å². The van der Waals surface area contributed by atoms with Crippen molar-refractivity contribution in [2.45, 2.75) is 18.6 Å². The Morgan fingerprint density at radius 3 is 3.05 bits per heavy atom. The van der Waals surface area contributed by atoms with Crippen LogP contribution >= 0.6 is 11.6 Å². The summed E-state index contributed by atoms with van der Waals surface area (Å²) in [6.07, 6.45) is 0.0778. The van der Waals surface area contributed by atoms with Gasteiger partial charge in [-0.25, -0.2) is 4.79 Å². The van der Waals surface area contributed by atoms with Crippen LogP contribution in [0.4, 0.5) is 10.5 Å². The minimum Gasteiger partial charge on any atom is -0.495 e. The Kier molecular flexibility index (Phi) is 5.05. The number of carbonyl (C=O) groups excluding carboxylic acids is 1. The fraction of sp³-hybridized carbons (Fsp3) is 0.462. The molecule has 6 nitrogen and oxygen atoms in total. The van der Waals surface area contributed by atoms with Crippen LogP contribution in [0.3, 0.4) is 0 Å². The van der Waals surface area contributed by atoms with Gasteiger partial charge in [-0.2, -0.15) is 0 Å². The van der Waals surface area contributed by atoms with Crippen LogP contribution in [0.1, 0.15) is 6.42 Å². The van der Waals surface area contributed by atoms with E-state index in [1.165, 1.54) is 7.11 Å². The predicted molar refractivity (Wildman–Crippen MR) is 77.4 cm³/mol. The Hall–Kier alpha value is -1.50. The van der Waals surface area contributed by atoms with Crippen LogP contribution in [0.15, 0.2) is 18.2 Å². The molecule has 1 aliphatic rings. The Bertz CT molecular complexity index is 484. The van der Waals surface area contributed by atoms with Crippen LogP contribution in [0, 0.1) is 0 Å². The van der Waals surface area contributed by atoms with Gasteiger partial charge in [0.05, 0.1) is 24.9 Å². The number of urea groups is 1. The average Bonchev–Trinajstić information content (AvgIpc) is 2.41. The van der Waals surface area contributed by atoms with E-state index in [0.717, 1.165) is 6.54 Å². The first-order valence-electron chi connectivity index (χ1n) is 6.40. The average molecular weight is 300 g/mol. The number of halogens is 1. The van der Waals surface area contributed by atoms with Crippen LogP contribution < -0.4 is 20.7 Å². The summed E-state index contributed by atoms with van der Waals surface area (Å²) < 4.78 is 5.15. The van der Waals surface area contributed by atoms with Gasteiger partial charge in [-0.1, -0.05) is 11.6 Å². The second-order valence-electron chi connectivity index (χ2n) is 4.61. The molecule has 2 amide bonds. The molecule has 20 heavy (non-hydrogen) atoms. The molecule has 0 aromatic heterocycles. The van der Waals surface area contributed by atoms with Crippen LogP contribution in [0.25, 0.3) is 0 Å². The third kappa shape index (κ3) is 3.75. The minimum absolute atomic E-state index is 0.311. The summed E-state index contributed by atoms with van der Waals surface area (Å²) in [5, 5.41) is 18.8. The van der Waals surface area contributed by atoms with Gasteiger partial charge >= 0.3 is 6.03 Å². The van der Waals surface area contributed by atoms with E-state index in [1.807, 2.05) is 0 Å². The Morgan fingerprint density at radius 2 is 2.35 bits per heavy atom. The summed E-state index contributed by atoms with van der Waals surface area (Å²) in [5.41, 5.74) is 0.482. The molecule has 1 heterocycles. The van der Waals surface area contributed by atoms with Gasteiger partial charge in [-0.05, 0) is 31.2 Å². The van der Waals surface area contributed by atoms with Gasteiger partial charge in [-0.3, -0.25) is 0 Å². The Balaban J connectivity index is 1.99. The molecule has 1 fully saturated rings. The topological polar surface area (TPSA) is 82.6 Å². The second-order valence-corrected chi connectivity index (χ2v) is 5.05. The van der Waals surface area contributed by atoms with Crippen LogP contribution in [0.2, 0.25) is 5.02 Å². The van der Waals surface area contributed by atoms with E-state index >= 15 is 0 Å². The Morgan fingerprint density at radius 1 is 1.55 bits per heavy atom. The Labute approximate surface area is 122 Å². The molecule has 0 spiro atoms. The highest BCUT2D eigenvalue weighted by atomic mass is 35.5. The van der Waals surface area contributed by atoms with Crippen LogP contribution in [-0.4, -0.2) is 43.5 Å². The molecule has 0 saturated carbocycles.